The van der Waals surface area contributed by atoms with Gasteiger partial charge in [0.05, 0.1) is 11.9 Å². The van der Waals surface area contributed by atoms with Gasteiger partial charge in [-0.3, -0.25) is 4.79 Å². The van der Waals surface area contributed by atoms with E-state index in [1.807, 2.05) is 72.5 Å². The molecule has 3 rings (SSSR count). The van der Waals surface area contributed by atoms with Gasteiger partial charge in [0.1, 0.15) is 0 Å². The van der Waals surface area contributed by atoms with Crippen LogP contribution >= 0.6 is 15.9 Å². The predicted octanol–water partition coefficient (Wildman–Crippen LogP) is 3.92. The van der Waals surface area contributed by atoms with E-state index in [1.165, 1.54) is 0 Å². The summed E-state index contributed by atoms with van der Waals surface area (Å²) in [5.41, 5.74) is 3.78. The van der Waals surface area contributed by atoms with Gasteiger partial charge >= 0.3 is 0 Å². The molecular formula is C19H18BrN3O. The van der Waals surface area contributed by atoms with E-state index < -0.39 is 0 Å². The van der Waals surface area contributed by atoms with E-state index >= 15 is 0 Å². The quantitative estimate of drug-likeness (QED) is 0.725. The maximum atomic E-state index is 12.2. The Hall–Kier alpha value is -2.40. The van der Waals surface area contributed by atoms with Crippen molar-refractivity contribution < 1.29 is 4.79 Å². The van der Waals surface area contributed by atoms with Gasteiger partial charge in [0.15, 0.2) is 0 Å². The number of para-hydroxylation sites is 1. The van der Waals surface area contributed by atoms with Gasteiger partial charge in [-0.1, -0.05) is 34.1 Å². The maximum absolute atomic E-state index is 12.2. The predicted molar refractivity (Wildman–Crippen MR) is 98.5 cm³/mol. The normalized spacial score (nSPS) is 10.6. The Morgan fingerprint density at radius 1 is 1.21 bits per heavy atom. The van der Waals surface area contributed by atoms with Crippen LogP contribution in [0, 0.1) is 6.92 Å². The Kier molecular flexibility index (Phi) is 5.11. The lowest BCUT2D eigenvalue weighted by molar-refractivity contribution is 0.0953. The first-order valence-corrected chi connectivity index (χ1v) is 8.56. The second-order valence-corrected chi connectivity index (χ2v) is 6.51. The molecule has 0 fully saturated rings. The van der Waals surface area contributed by atoms with Gasteiger partial charge in [0.25, 0.3) is 5.91 Å². The molecule has 0 bridgehead atoms. The number of nitrogens with one attached hydrogen (secondary N) is 1. The molecule has 1 amide bonds. The van der Waals surface area contributed by atoms with Gasteiger partial charge in [0.2, 0.25) is 0 Å². The molecule has 0 spiro atoms. The fraction of sp³-hybridized carbons (Fsp3) is 0.158. The van der Waals surface area contributed by atoms with E-state index in [4.69, 9.17) is 0 Å². The van der Waals surface area contributed by atoms with Gasteiger partial charge in [-0.05, 0) is 54.8 Å². The van der Waals surface area contributed by atoms with Crippen molar-refractivity contribution in [2.75, 3.05) is 6.54 Å². The SMILES string of the molecule is Cc1cc(Br)ccc1C(=O)NCCc1cnn(-c2ccccc2)c1. The fourth-order valence-corrected chi connectivity index (χ4v) is 2.98. The lowest BCUT2D eigenvalue weighted by Gasteiger charge is -2.07. The molecule has 0 aliphatic heterocycles. The molecule has 0 saturated carbocycles. The van der Waals surface area contributed by atoms with Crippen LogP contribution in [-0.2, 0) is 6.42 Å². The van der Waals surface area contributed by atoms with Crippen molar-refractivity contribution >= 4 is 21.8 Å². The highest BCUT2D eigenvalue weighted by Crippen LogP contribution is 2.15. The number of benzene rings is 2. The summed E-state index contributed by atoms with van der Waals surface area (Å²) in [6, 6.07) is 15.6. The Balaban J connectivity index is 1.57. The molecule has 0 atom stereocenters. The molecule has 1 heterocycles. The number of hydrogen-bond donors (Lipinski definition) is 1. The number of nitrogens with zero attached hydrogens (tertiary/aromatic N) is 2. The summed E-state index contributed by atoms with van der Waals surface area (Å²) in [6.07, 6.45) is 4.57. The average Bonchev–Trinajstić information content (AvgIpc) is 3.04. The van der Waals surface area contributed by atoms with Crippen LogP contribution in [0.25, 0.3) is 5.69 Å². The van der Waals surface area contributed by atoms with Crippen LogP contribution < -0.4 is 5.32 Å². The number of halogens is 1. The molecule has 1 N–H and O–H groups in total. The minimum atomic E-state index is -0.0459. The number of rotatable bonds is 5. The van der Waals surface area contributed by atoms with Gasteiger partial charge in [-0.2, -0.15) is 5.10 Å². The van der Waals surface area contributed by atoms with Gasteiger partial charge < -0.3 is 5.32 Å². The van der Waals surface area contributed by atoms with Crippen LogP contribution in [-0.4, -0.2) is 22.2 Å². The van der Waals surface area contributed by atoms with Crippen molar-refractivity contribution in [1.29, 1.82) is 0 Å². The van der Waals surface area contributed by atoms with E-state index in [0.29, 0.717) is 12.1 Å². The number of amides is 1. The molecule has 0 aliphatic rings. The molecule has 4 nitrogen and oxygen atoms in total. The van der Waals surface area contributed by atoms with Crippen molar-refractivity contribution in [1.82, 2.24) is 15.1 Å². The van der Waals surface area contributed by atoms with Crippen LogP contribution in [0.2, 0.25) is 0 Å². The highest BCUT2D eigenvalue weighted by molar-refractivity contribution is 9.10. The van der Waals surface area contributed by atoms with Crippen molar-refractivity contribution in [3.63, 3.8) is 0 Å². The number of aromatic nitrogens is 2. The van der Waals surface area contributed by atoms with Gasteiger partial charge in [-0.15, -0.1) is 0 Å². The summed E-state index contributed by atoms with van der Waals surface area (Å²) in [5.74, 6) is -0.0459. The zero-order valence-corrected chi connectivity index (χ0v) is 15.0. The van der Waals surface area contributed by atoms with Crippen molar-refractivity contribution in [2.45, 2.75) is 13.3 Å². The van der Waals surface area contributed by atoms with E-state index in [-0.39, 0.29) is 5.91 Å². The summed E-state index contributed by atoms with van der Waals surface area (Å²) in [5, 5.41) is 7.33. The topological polar surface area (TPSA) is 46.9 Å². The largest absolute Gasteiger partial charge is 0.352 e. The molecule has 0 radical (unpaired) electrons. The molecular weight excluding hydrogens is 366 g/mol. The lowest BCUT2D eigenvalue weighted by Crippen LogP contribution is -2.26. The van der Waals surface area contributed by atoms with Crippen LogP contribution in [0.15, 0.2) is 65.4 Å². The molecule has 0 aliphatic carbocycles. The molecule has 1 aromatic heterocycles. The number of carbonyl (C=O) groups excluding carboxylic acids is 1. The van der Waals surface area contributed by atoms with E-state index in [1.54, 1.807) is 0 Å². The number of aryl methyl sites for hydroxylation is 1. The first-order chi connectivity index (χ1) is 11.6. The highest BCUT2D eigenvalue weighted by atomic mass is 79.9. The molecule has 3 aromatic rings. The first kappa shape index (κ1) is 16.5. The van der Waals surface area contributed by atoms with Crippen LogP contribution in [0.3, 0.4) is 0 Å². The molecule has 122 valence electrons. The third kappa shape index (κ3) is 3.92. The monoisotopic (exact) mass is 383 g/mol. The van der Waals surface area contributed by atoms with Crippen molar-refractivity contribution in [2.24, 2.45) is 0 Å². The van der Waals surface area contributed by atoms with Gasteiger partial charge in [-0.25, -0.2) is 4.68 Å². The Labute approximate surface area is 149 Å². The zero-order valence-electron chi connectivity index (χ0n) is 13.4. The summed E-state index contributed by atoms with van der Waals surface area (Å²) >= 11 is 3.41. The summed E-state index contributed by atoms with van der Waals surface area (Å²) in [4.78, 5) is 12.2. The van der Waals surface area contributed by atoms with E-state index in [9.17, 15) is 4.79 Å². The molecule has 2 aromatic carbocycles. The smallest absolute Gasteiger partial charge is 0.251 e. The van der Waals surface area contributed by atoms with Crippen LogP contribution in [0.4, 0.5) is 0 Å². The lowest BCUT2D eigenvalue weighted by atomic mass is 10.1. The van der Waals surface area contributed by atoms with Crippen molar-refractivity contribution in [3.8, 4) is 5.69 Å². The molecule has 0 unspecified atom stereocenters. The third-order valence-corrected chi connectivity index (χ3v) is 4.28. The number of hydrogen-bond acceptors (Lipinski definition) is 2. The minimum Gasteiger partial charge on any atom is -0.352 e. The summed E-state index contributed by atoms with van der Waals surface area (Å²) in [7, 11) is 0. The zero-order chi connectivity index (χ0) is 16.9. The first-order valence-electron chi connectivity index (χ1n) is 7.77. The van der Waals surface area contributed by atoms with Gasteiger partial charge in [0, 0.05) is 22.8 Å². The maximum Gasteiger partial charge on any atom is 0.251 e. The van der Waals surface area contributed by atoms with Crippen molar-refractivity contribution in [3.05, 3.63) is 82.1 Å². The summed E-state index contributed by atoms with van der Waals surface area (Å²) < 4.78 is 2.82. The standard InChI is InChI=1S/C19H18BrN3O/c1-14-11-16(20)7-8-18(14)19(24)21-10-9-15-12-22-23(13-15)17-5-3-2-4-6-17/h2-8,11-13H,9-10H2,1H3,(H,21,24). The van der Waals surface area contributed by atoms with Crippen LogP contribution in [0.5, 0.6) is 0 Å². The van der Waals surface area contributed by atoms with E-state index in [0.717, 1.165) is 27.7 Å². The Bertz CT molecular complexity index is 843. The van der Waals surface area contributed by atoms with E-state index in [2.05, 4.69) is 26.3 Å². The molecule has 5 heteroatoms. The second kappa shape index (κ2) is 7.45. The number of carbonyl (C=O) groups is 1. The summed E-state index contributed by atoms with van der Waals surface area (Å²) in [6.45, 7) is 2.51. The average molecular weight is 384 g/mol. The highest BCUT2D eigenvalue weighted by Gasteiger charge is 2.09. The van der Waals surface area contributed by atoms with Crippen LogP contribution in [0.1, 0.15) is 21.5 Å². The minimum absolute atomic E-state index is 0.0459. The third-order valence-electron chi connectivity index (χ3n) is 3.79. The Morgan fingerprint density at radius 3 is 2.75 bits per heavy atom. The second-order valence-electron chi connectivity index (χ2n) is 5.59. The molecule has 0 saturated heterocycles. The molecule has 24 heavy (non-hydrogen) atoms. The Morgan fingerprint density at radius 2 is 2.00 bits per heavy atom. The fourth-order valence-electron chi connectivity index (χ4n) is 2.51.